The molecule has 0 fully saturated rings. The molecule has 0 unspecified atom stereocenters. The highest BCUT2D eigenvalue weighted by Gasteiger charge is 2.25. The smallest absolute Gasteiger partial charge is 0.251 e. The summed E-state index contributed by atoms with van der Waals surface area (Å²) in [4.78, 5) is 17.1. The highest BCUT2D eigenvalue weighted by molar-refractivity contribution is 5.94. The first kappa shape index (κ1) is 17.4. The zero-order valence-corrected chi connectivity index (χ0v) is 15.3. The normalized spacial score (nSPS) is 16.0. The van der Waals surface area contributed by atoms with Gasteiger partial charge in [-0.1, -0.05) is 0 Å². The summed E-state index contributed by atoms with van der Waals surface area (Å²) < 4.78 is 18.3. The molecule has 2 aromatic carbocycles. The summed E-state index contributed by atoms with van der Waals surface area (Å²) in [6.45, 7) is 1.42. The van der Waals surface area contributed by atoms with Gasteiger partial charge in [-0.3, -0.25) is 4.79 Å². The average Bonchev–Trinajstić information content (AvgIpc) is 3.10. The number of benzene rings is 2. The van der Waals surface area contributed by atoms with Crippen molar-refractivity contribution in [2.75, 3.05) is 27.4 Å². The molecule has 27 heavy (non-hydrogen) atoms. The van der Waals surface area contributed by atoms with Crippen molar-refractivity contribution in [3.05, 3.63) is 53.9 Å². The molecule has 0 saturated carbocycles. The van der Waals surface area contributed by atoms with Gasteiger partial charge in [0.25, 0.3) is 5.91 Å². The van der Waals surface area contributed by atoms with Crippen LogP contribution in [0.1, 0.15) is 22.2 Å². The molecule has 2 heterocycles. The molecule has 0 saturated heterocycles. The van der Waals surface area contributed by atoms with E-state index in [1.165, 1.54) is 0 Å². The van der Waals surface area contributed by atoms with Gasteiger partial charge in [-0.25, -0.2) is 4.98 Å². The molecule has 1 N–H and O–H groups in total. The molecule has 1 aliphatic rings. The molecule has 1 aliphatic heterocycles. The molecule has 3 aromatic rings. The number of rotatable bonds is 5. The highest BCUT2D eigenvalue weighted by Crippen LogP contribution is 2.28. The summed E-state index contributed by atoms with van der Waals surface area (Å²) in [5, 5.41) is 2.99. The summed E-state index contributed by atoms with van der Waals surface area (Å²) in [6, 6.07) is 12.8. The number of hydrogen-bond donors (Lipinski definition) is 1. The summed E-state index contributed by atoms with van der Waals surface area (Å²) in [7, 11) is 3.24. The SMILES string of the molecule is COc1ccc(C(=O)NC[C@H]2COCc3nc4ccc(OC)cc4n32)cc1. The minimum Gasteiger partial charge on any atom is -0.497 e. The number of aromatic nitrogens is 2. The Morgan fingerprint density at radius 3 is 2.67 bits per heavy atom. The molecular formula is C20H21N3O4. The number of fused-ring (bicyclic) bond motifs is 3. The molecule has 0 radical (unpaired) electrons. The van der Waals surface area contributed by atoms with Crippen LogP contribution in [0.5, 0.6) is 11.5 Å². The predicted octanol–water partition coefficient (Wildman–Crippen LogP) is 2.55. The van der Waals surface area contributed by atoms with Crippen LogP contribution in [-0.4, -0.2) is 42.8 Å². The lowest BCUT2D eigenvalue weighted by Gasteiger charge is -2.26. The Morgan fingerprint density at radius 2 is 1.93 bits per heavy atom. The molecular weight excluding hydrogens is 346 g/mol. The highest BCUT2D eigenvalue weighted by atomic mass is 16.5. The van der Waals surface area contributed by atoms with Crippen molar-refractivity contribution in [2.45, 2.75) is 12.6 Å². The summed E-state index contributed by atoms with van der Waals surface area (Å²) in [6.07, 6.45) is 0. The number of imidazole rings is 1. The fraction of sp³-hybridized carbons (Fsp3) is 0.300. The predicted molar refractivity (Wildman–Crippen MR) is 100 cm³/mol. The van der Waals surface area contributed by atoms with E-state index in [1.54, 1.807) is 38.5 Å². The number of amides is 1. The van der Waals surface area contributed by atoms with Crippen molar-refractivity contribution in [1.29, 1.82) is 0 Å². The Hall–Kier alpha value is -3.06. The van der Waals surface area contributed by atoms with Crippen LogP contribution in [0.25, 0.3) is 11.0 Å². The maximum absolute atomic E-state index is 12.5. The monoisotopic (exact) mass is 367 g/mol. The van der Waals surface area contributed by atoms with Gasteiger partial charge in [0.05, 0.1) is 37.9 Å². The van der Waals surface area contributed by atoms with E-state index < -0.39 is 0 Å². The molecule has 0 bridgehead atoms. The number of hydrogen-bond acceptors (Lipinski definition) is 5. The van der Waals surface area contributed by atoms with Crippen LogP contribution >= 0.6 is 0 Å². The third-order valence-electron chi connectivity index (χ3n) is 4.73. The zero-order valence-electron chi connectivity index (χ0n) is 15.3. The van der Waals surface area contributed by atoms with Gasteiger partial charge in [0.15, 0.2) is 0 Å². The number of nitrogens with one attached hydrogen (secondary N) is 1. The number of ether oxygens (including phenoxy) is 3. The second-order valence-corrected chi connectivity index (χ2v) is 6.36. The standard InChI is InChI=1S/C20H21N3O4/c1-25-15-5-3-13(4-6-15)20(24)21-10-14-11-27-12-19-22-17-8-7-16(26-2)9-18(17)23(14)19/h3-9,14H,10-12H2,1-2H3,(H,21,24)/t14-/m0/s1. The number of carbonyl (C=O) groups is 1. The fourth-order valence-electron chi connectivity index (χ4n) is 3.32. The zero-order chi connectivity index (χ0) is 18.8. The molecule has 0 aliphatic carbocycles. The van der Waals surface area contributed by atoms with Crippen LogP contribution in [0.3, 0.4) is 0 Å². The lowest BCUT2D eigenvalue weighted by Crippen LogP contribution is -2.35. The minimum atomic E-state index is -0.133. The Labute approximate surface area is 156 Å². The Bertz CT molecular complexity index is 965. The molecule has 7 heteroatoms. The van der Waals surface area contributed by atoms with Gasteiger partial charge in [-0.2, -0.15) is 0 Å². The molecule has 140 valence electrons. The van der Waals surface area contributed by atoms with Gasteiger partial charge in [-0.05, 0) is 36.4 Å². The van der Waals surface area contributed by atoms with E-state index in [-0.39, 0.29) is 11.9 Å². The number of carbonyl (C=O) groups excluding carboxylic acids is 1. The third-order valence-corrected chi connectivity index (χ3v) is 4.73. The molecule has 1 aromatic heterocycles. The van der Waals surface area contributed by atoms with Crippen LogP contribution < -0.4 is 14.8 Å². The van der Waals surface area contributed by atoms with Crippen LogP contribution in [-0.2, 0) is 11.3 Å². The Morgan fingerprint density at radius 1 is 1.19 bits per heavy atom. The first-order valence-electron chi connectivity index (χ1n) is 8.74. The third kappa shape index (κ3) is 3.33. The van der Waals surface area contributed by atoms with Gasteiger partial charge in [-0.15, -0.1) is 0 Å². The van der Waals surface area contributed by atoms with Crippen molar-refractivity contribution in [3.63, 3.8) is 0 Å². The van der Waals surface area contributed by atoms with Crippen molar-refractivity contribution in [1.82, 2.24) is 14.9 Å². The van der Waals surface area contributed by atoms with E-state index in [1.807, 2.05) is 18.2 Å². The van der Waals surface area contributed by atoms with Crippen LogP contribution in [0.15, 0.2) is 42.5 Å². The van der Waals surface area contributed by atoms with E-state index in [0.29, 0.717) is 25.3 Å². The maximum atomic E-state index is 12.5. The molecule has 7 nitrogen and oxygen atoms in total. The molecule has 0 spiro atoms. The minimum absolute atomic E-state index is 0.0342. The summed E-state index contributed by atoms with van der Waals surface area (Å²) >= 11 is 0. The van der Waals surface area contributed by atoms with Gasteiger partial charge in [0.2, 0.25) is 0 Å². The lowest BCUT2D eigenvalue weighted by atomic mass is 10.2. The first-order chi connectivity index (χ1) is 13.2. The quantitative estimate of drug-likeness (QED) is 0.750. The largest absolute Gasteiger partial charge is 0.497 e. The molecule has 1 atom stereocenters. The second kappa shape index (κ2) is 7.28. The molecule has 1 amide bonds. The van der Waals surface area contributed by atoms with Crippen LogP contribution in [0.2, 0.25) is 0 Å². The van der Waals surface area contributed by atoms with Gasteiger partial charge in [0.1, 0.15) is 23.9 Å². The van der Waals surface area contributed by atoms with Gasteiger partial charge in [0, 0.05) is 18.2 Å². The van der Waals surface area contributed by atoms with E-state index in [2.05, 4.69) is 14.9 Å². The van der Waals surface area contributed by atoms with Crippen LogP contribution in [0, 0.1) is 0 Å². The lowest BCUT2D eigenvalue weighted by molar-refractivity contribution is 0.0553. The second-order valence-electron chi connectivity index (χ2n) is 6.36. The number of nitrogens with zero attached hydrogens (tertiary/aromatic N) is 2. The first-order valence-corrected chi connectivity index (χ1v) is 8.74. The van der Waals surface area contributed by atoms with E-state index in [9.17, 15) is 4.79 Å². The van der Waals surface area contributed by atoms with E-state index in [0.717, 1.165) is 28.4 Å². The van der Waals surface area contributed by atoms with Crippen molar-refractivity contribution in [2.24, 2.45) is 0 Å². The maximum Gasteiger partial charge on any atom is 0.251 e. The van der Waals surface area contributed by atoms with Crippen molar-refractivity contribution in [3.8, 4) is 11.5 Å². The fourth-order valence-corrected chi connectivity index (χ4v) is 3.32. The van der Waals surface area contributed by atoms with Crippen molar-refractivity contribution >= 4 is 16.9 Å². The summed E-state index contributed by atoms with van der Waals surface area (Å²) in [5.41, 5.74) is 2.46. The van der Waals surface area contributed by atoms with Gasteiger partial charge < -0.3 is 24.1 Å². The number of methoxy groups -OCH3 is 2. The van der Waals surface area contributed by atoms with Crippen molar-refractivity contribution < 1.29 is 19.0 Å². The van der Waals surface area contributed by atoms with Crippen LogP contribution in [0.4, 0.5) is 0 Å². The topological polar surface area (TPSA) is 74.6 Å². The Kier molecular flexibility index (Phi) is 4.68. The Balaban J connectivity index is 1.54. The van der Waals surface area contributed by atoms with E-state index >= 15 is 0 Å². The van der Waals surface area contributed by atoms with E-state index in [4.69, 9.17) is 14.2 Å². The average molecular weight is 367 g/mol. The molecule has 4 rings (SSSR count). The van der Waals surface area contributed by atoms with Gasteiger partial charge >= 0.3 is 0 Å². The summed E-state index contributed by atoms with van der Waals surface area (Å²) in [5.74, 6) is 2.22.